The van der Waals surface area contributed by atoms with E-state index >= 15 is 0 Å². The molecule has 4 aliphatic heterocycles. The molecule has 0 aromatic heterocycles. The van der Waals surface area contributed by atoms with Gasteiger partial charge in [-0.1, -0.05) is 18.2 Å². The first-order chi connectivity index (χ1) is 13.7. The quantitative estimate of drug-likeness (QED) is 0.535. The average molecular weight is 404 g/mol. The fourth-order valence-corrected chi connectivity index (χ4v) is 5.05. The maximum Gasteiger partial charge on any atom is 0.313 e. The highest BCUT2D eigenvalue weighted by Gasteiger charge is 2.72. The lowest BCUT2D eigenvalue weighted by Crippen LogP contribution is -2.58. The van der Waals surface area contributed by atoms with E-state index < -0.39 is 41.1 Å². The van der Waals surface area contributed by atoms with E-state index in [0.717, 1.165) is 0 Å². The summed E-state index contributed by atoms with van der Waals surface area (Å²) in [5, 5.41) is 9.32. The summed E-state index contributed by atoms with van der Waals surface area (Å²) in [4.78, 5) is 43.1. The predicted molar refractivity (Wildman–Crippen MR) is 102 cm³/mol. The third kappa shape index (κ3) is 2.92. The number of aliphatic hydroxyl groups excluding tert-OH is 1. The largest absolute Gasteiger partial charge is 0.461 e. The van der Waals surface area contributed by atoms with Gasteiger partial charge in [-0.25, -0.2) is 0 Å². The Labute approximate surface area is 170 Å². The van der Waals surface area contributed by atoms with Crippen molar-refractivity contribution in [2.45, 2.75) is 50.5 Å². The molecule has 5 atom stereocenters. The molecule has 1 unspecified atom stereocenters. The van der Waals surface area contributed by atoms with Crippen molar-refractivity contribution in [3.05, 3.63) is 24.3 Å². The second-order valence-electron chi connectivity index (χ2n) is 9.03. The molecule has 8 heteroatoms. The molecule has 0 aromatic rings. The number of amides is 2. The Hall–Kier alpha value is -2.19. The minimum atomic E-state index is -1.22. The summed E-state index contributed by atoms with van der Waals surface area (Å²) >= 11 is 0. The molecule has 2 amide bonds. The molecule has 1 N–H and O–H groups in total. The van der Waals surface area contributed by atoms with E-state index in [2.05, 4.69) is 0 Å². The number of nitrogens with zero attached hydrogens (tertiary/aromatic N) is 2. The Bertz CT molecular complexity index is 785. The zero-order valence-electron chi connectivity index (χ0n) is 17.0. The number of hydrogen-bond donors (Lipinski definition) is 1. The summed E-state index contributed by atoms with van der Waals surface area (Å²) in [5.41, 5.74) is -1.67. The van der Waals surface area contributed by atoms with Crippen LogP contribution in [-0.2, 0) is 23.9 Å². The van der Waals surface area contributed by atoms with E-state index in [4.69, 9.17) is 9.47 Å². The minimum absolute atomic E-state index is 0.0983. The van der Waals surface area contributed by atoms with Gasteiger partial charge in [-0.3, -0.25) is 14.4 Å². The summed E-state index contributed by atoms with van der Waals surface area (Å²) in [6.45, 7) is 6.51. The molecule has 2 saturated heterocycles. The number of carbonyl (C=O) groups is 3. The van der Waals surface area contributed by atoms with Crippen molar-refractivity contribution in [2.75, 3.05) is 26.3 Å². The van der Waals surface area contributed by atoms with Gasteiger partial charge in [-0.05, 0) is 33.3 Å². The fraction of sp³-hybridized carbons (Fsp3) is 0.667. The summed E-state index contributed by atoms with van der Waals surface area (Å²) in [6.07, 6.45) is 6.87. The van der Waals surface area contributed by atoms with Crippen molar-refractivity contribution >= 4 is 17.8 Å². The van der Waals surface area contributed by atoms with Crippen LogP contribution in [0.25, 0.3) is 0 Å². The van der Waals surface area contributed by atoms with Crippen molar-refractivity contribution in [2.24, 2.45) is 11.8 Å². The molecule has 0 radical (unpaired) electrons. The van der Waals surface area contributed by atoms with Crippen LogP contribution in [0.5, 0.6) is 0 Å². The first kappa shape index (κ1) is 20.1. The van der Waals surface area contributed by atoms with Crippen LogP contribution >= 0.6 is 0 Å². The highest BCUT2D eigenvalue weighted by molar-refractivity contribution is 5.99. The van der Waals surface area contributed by atoms with Gasteiger partial charge >= 0.3 is 5.97 Å². The van der Waals surface area contributed by atoms with Crippen molar-refractivity contribution in [3.63, 3.8) is 0 Å². The summed E-state index contributed by atoms with van der Waals surface area (Å²) in [5.74, 6) is -2.59. The Morgan fingerprint density at radius 1 is 1.21 bits per heavy atom. The van der Waals surface area contributed by atoms with E-state index in [-0.39, 0.29) is 31.6 Å². The van der Waals surface area contributed by atoms with E-state index in [1.807, 2.05) is 26.8 Å². The number of likely N-dealkylation sites (tertiary alicyclic amines) is 1. The fourth-order valence-electron chi connectivity index (χ4n) is 5.05. The lowest BCUT2D eigenvalue weighted by atomic mass is 9.78. The Balaban J connectivity index is 1.83. The molecule has 0 aromatic carbocycles. The van der Waals surface area contributed by atoms with Crippen LogP contribution in [-0.4, -0.2) is 82.3 Å². The third-order valence-electron chi connectivity index (χ3n) is 6.28. The van der Waals surface area contributed by atoms with E-state index in [1.54, 1.807) is 23.1 Å². The average Bonchev–Trinajstić information content (AvgIpc) is 2.93. The minimum Gasteiger partial charge on any atom is -0.461 e. The molecule has 8 nitrogen and oxygen atoms in total. The van der Waals surface area contributed by atoms with Gasteiger partial charge in [-0.2, -0.15) is 0 Å². The molecule has 4 rings (SSSR count). The van der Waals surface area contributed by atoms with Crippen molar-refractivity contribution in [3.8, 4) is 0 Å². The first-order valence-corrected chi connectivity index (χ1v) is 10.1. The summed E-state index contributed by atoms with van der Waals surface area (Å²) < 4.78 is 11.6. The number of hydrogen-bond acceptors (Lipinski definition) is 6. The van der Waals surface area contributed by atoms with E-state index in [0.29, 0.717) is 13.0 Å². The van der Waals surface area contributed by atoms with Crippen LogP contribution in [0.4, 0.5) is 0 Å². The van der Waals surface area contributed by atoms with Crippen LogP contribution in [0.1, 0.15) is 27.2 Å². The van der Waals surface area contributed by atoms with Gasteiger partial charge in [0.15, 0.2) is 0 Å². The summed E-state index contributed by atoms with van der Waals surface area (Å²) in [6, 6.07) is -0.877. The van der Waals surface area contributed by atoms with Gasteiger partial charge in [0.25, 0.3) is 0 Å². The number of rotatable bonds is 3. The van der Waals surface area contributed by atoms with Crippen LogP contribution in [0, 0.1) is 11.8 Å². The molecular formula is C21H28N2O6. The second-order valence-corrected chi connectivity index (χ2v) is 9.03. The molecule has 29 heavy (non-hydrogen) atoms. The molecule has 158 valence electrons. The Kier molecular flexibility index (Phi) is 4.82. The highest BCUT2D eigenvalue weighted by Crippen LogP contribution is 2.53. The number of cyclic esters (lactones) is 1. The zero-order valence-corrected chi connectivity index (χ0v) is 17.0. The van der Waals surface area contributed by atoms with Gasteiger partial charge in [0.1, 0.15) is 24.2 Å². The van der Waals surface area contributed by atoms with E-state index in [1.165, 1.54) is 4.90 Å². The van der Waals surface area contributed by atoms with E-state index in [9.17, 15) is 19.5 Å². The third-order valence-corrected chi connectivity index (χ3v) is 6.28. The number of carbonyl (C=O) groups excluding carboxylic acids is 3. The van der Waals surface area contributed by atoms with Crippen molar-refractivity contribution in [1.82, 2.24) is 9.80 Å². The maximum atomic E-state index is 13.7. The number of ether oxygens (including phenoxy) is 2. The molecule has 0 aliphatic carbocycles. The number of esters is 1. The lowest BCUT2D eigenvalue weighted by Gasteiger charge is -2.40. The van der Waals surface area contributed by atoms with Crippen LogP contribution in [0.2, 0.25) is 0 Å². The van der Waals surface area contributed by atoms with Crippen LogP contribution < -0.4 is 0 Å². The highest BCUT2D eigenvalue weighted by atomic mass is 16.6. The van der Waals surface area contributed by atoms with Crippen LogP contribution in [0.15, 0.2) is 24.3 Å². The summed E-state index contributed by atoms with van der Waals surface area (Å²) in [7, 11) is 0. The standard InChI is InChI=1S/C21H28N2O6/c1-20(2,3)23-10-5-8-21-15(14-13(29-21)7-4-12-28-19(14)27)17(25)22(9-6-11-24)16(21)18(23)26/h4-5,7-8,13-16,24H,6,9-12H2,1-3H3/t13-,14+,15-,16?,21-/m0/s1. The second kappa shape index (κ2) is 6.95. The normalized spacial score (nSPS) is 36.5. The van der Waals surface area contributed by atoms with Crippen molar-refractivity contribution < 1.29 is 29.0 Å². The van der Waals surface area contributed by atoms with Crippen molar-refractivity contribution in [1.29, 1.82) is 0 Å². The smallest absolute Gasteiger partial charge is 0.313 e. The monoisotopic (exact) mass is 404 g/mol. The van der Waals surface area contributed by atoms with Gasteiger partial charge in [0.2, 0.25) is 11.8 Å². The SMILES string of the molecule is CC(C)(C)N1CC=C[C@]23O[C@H]4C=CCOC(=O)[C@H]4[C@H]2C(=O)N(CCCO)C3C1=O. The molecule has 4 aliphatic rings. The predicted octanol–water partition coefficient (Wildman–Crippen LogP) is 0.260. The number of fused-ring (bicyclic) bond motifs is 2. The molecule has 4 heterocycles. The molecule has 0 saturated carbocycles. The topological polar surface area (TPSA) is 96.4 Å². The first-order valence-electron chi connectivity index (χ1n) is 10.1. The Morgan fingerprint density at radius 2 is 1.97 bits per heavy atom. The Morgan fingerprint density at radius 3 is 2.66 bits per heavy atom. The zero-order chi connectivity index (χ0) is 21.0. The molecule has 2 fully saturated rings. The lowest BCUT2D eigenvalue weighted by molar-refractivity contribution is -0.154. The van der Waals surface area contributed by atoms with Gasteiger partial charge < -0.3 is 24.4 Å². The molecule has 1 spiro atoms. The van der Waals surface area contributed by atoms with Gasteiger partial charge in [0, 0.05) is 25.2 Å². The van der Waals surface area contributed by atoms with Crippen LogP contribution in [0.3, 0.4) is 0 Å². The van der Waals surface area contributed by atoms with Gasteiger partial charge in [-0.15, -0.1) is 0 Å². The van der Waals surface area contributed by atoms with Gasteiger partial charge in [0.05, 0.1) is 12.0 Å². The molecular weight excluding hydrogens is 376 g/mol. The molecule has 0 bridgehead atoms. The number of aliphatic hydroxyl groups is 1. The maximum absolute atomic E-state index is 13.7.